The number of aliphatic hydroxyl groups excluding tert-OH is 2. The van der Waals surface area contributed by atoms with Crippen LogP contribution >= 0.6 is 0 Å². The van der Waals surface area contributed by atoms with Gasteiger partial charge in [0.1, 0.15) is 11.7 Å². The van der Waals surface area contributed by atoms with Gasteiger partial charge in [0.2, 0.25) is 5.91 Å². The highest BCUT2D eigenvalue weighted by Crippen LogP contribution is 2.49. The highest BCUT2D eigenvalue weighted by atomic mass is 16.5. The Morgan fingerprint density at radius 2 is 1.78 bits per heavy atom. The number of nitrogens with zero attached hydrogens (tertiary/aromatic N) is 3. The second kappa shape index (κ2) is 13.6. The lowest BCUT2D eigenvalue weighted by Crippen LogP contribution is -2.27. The third-order valence-electron chi connectivity index (χ3n) is 10.5. The molecule has 10 heteroatoms. The zero-order valence-corrected chi connectivity index (χ0v) is 29.2. The maximum atomic E-state index is 13.4. The molecule has 0 aromatic heterocycles. The van der Waals surface area contributed by atoms with Gasteiger partial charge in [0, 0.05) is 59.5 Å². The molecule has 0 spiro atoms. The summed E-state index contributed by atoms with van der Waals surface area (Å²) < 4.78 is 5.24. The van der Waals surface area contributed by atoms with Crippen molar-refractivity contribution < 1.29 is 24.5 Å². The minimum absolute atomic E-state index is 0.0803. The fraction of sp³-hybridized carbons (Fsp3) is 0.410. The number of fused-ring (bicyclic) bond motifs is 5. The average Bonchev–Trinajstić information content (AvgIpc) is 3.82. The molecule has 5 aliphatic heterocycles. The van der Waals surface area contributed by atoms with Gasteiger partial charge in [-0.15, -0.1) is 0 Å². The van der Waals surface area contributed by atoms with Crippen molar-refractivity contribution in [3.05, 3.63) is 104 Å². The number of rotatable bonds is 10. The fourth-order valence-electron chi connectivity index (χ4n) is 7.61. The maximum absolute atomic E-state index is 13.4. The molecule has 0 saturated carbocycles. The van der Waals surface area contributed by atoms with Crippen LogP contribution in [0.25, 0.3) is 0 Å². The van der Waals surface area contributed by atoms with E-state index >= 15 is 0 Å². The quantitative estimate of drug-likeness (QED) is 0.169. The molecule has 5 heterocycles. The molecule has 1 saturated heterocycles. The fourth-order valence-corrected chi connectivity index (χ4v) is 7.61. The van der Waals surface area contributed by atoms with E-state index in [1.807, 2.05) is 38.2 Å². The van der Waals surface area contributed by atoms with E-state index in [0.717, 1.165) is 68.5 Å². The molecule has 49 heavy (non-hydrogen) atoms. The first-order chi connectivity index (χ1) is 23.5. The Balaban J connectivity index is 1.55. The van der Waals surface area contributed by atoms with Crippen LogP contribution in [0, 0.1) is 17.8 Å². The van der Waals surface area contributed by atoms with Crippen molar-refractivity contribution in [3.8, 4) is 0 Å². The molecule has 0 radical (unpaired) electrons. The van der Waals surface area contributed by atoms with Crippen LogP contribution in [0.2, 0.25) is 0 Å². The van der Waals surface area contributed by atoms with Crippen LogP contribution in [0.15, 0.2) is 119 Å². The predicted octanol–water partition coefficient (Wildman–Crippen LogP) is 5.91. The zero-order chi connectivity index (χ0) is 35.1. The summed E-state index contributed by atoms with van der Waals surface area (Å²) in [4.78, 5) is 41.6. The Morgan fingerprint density at radius 3 is 2.47 bits per heavy atom. The largest absolute Gasteiger partial charge is 0.510 e. The summed E-state index contributed by atoms with van der Waals surface area (Å²) in [5.74, 6) is -2.11. The smallest absolute Gasteiger partial charge is 0.321 e. The lowest BCUT2D eigenvalue weighted by molar-refractivity contribution is -0.143. The van der Waals surface area contributed by atoms with Crippen molar-refractivity contribution >= 4 is 29.0 Å². The normalized spacial score (nSPS) is 24.2. The highest BCUT2D eigenvalue weighted by Gasteiger charge is 2.49. The van der Waals surface area contributed by atoms with Gasteiger partial charge in [0.15, 0.2) is 0 Å². The van der Waals surface area contributed by atoms with Crippen LogP contribution in [0.3, 0.4) is 0 Å². The number of hydrogen-bond donors (Lipinski definition) is 4. The molecule has 0 aromatic rings. The lowest BCUT2D eigenvalue weighted by atomic mass is 9.84. The van der Waals surface area contributed by atoms with Gasteiger partial charge in [-0.05, 0) is 87.0 Å². The topological polar surface area (TPSA) is 145 Å². The first-order valence-corrected chi connectivity index (χ1v) is 17.1. The molecule has 3 atom stereocenters. The van der Waals surface area contributed by atoms with Gasteiger partial charge in [-0.1, -0.05) is 26.5 Å². The summed E-state index contributed by atoms with van der Waals surface area (Å²) in [7, 11) is 1.32. The molecule has 3 unspecified atom stereocenters. The summed E-state index contributed by atoms with van der Waals surface area (Å²) in [5.41, 5.74) is 12.0. The van der Waals surface area contributed by atoms with E-state index in [1.165, 1.54) is 7.11 Å². The maximum Gasteiger partial charge on any atom is 0.321 e. The number of unbranched alkanes of at least 4 members (excludes halogenated alkanes) is 1. The van der Waals surface area contributed by atoms with Crippen LogP contribution in [0.5, 0.6) is 0 Å². The molecular weight excluding hydrogens is 618 g/mol. The van der Waals surface area contributed by atoms with Gasteiger partial charge in [-0.25, -0.2) is 15.0 Å². The van der Waals surface area contributed by atoms with E-state index in [-0.39, 0.29) is 36.5 Å². The lowest BCUT2D eigenvalue weighted by Gasteiger charge is -2.20. The highest BCUT2D eigenvalue weighted by molar-refractivity contribution is 6.24. The summed E-state index contributed by atoms with van der Waals surface area (Å²) in [6.45, 7) is 14.9. The number of hydrogen-bond acceptors (Lipinski definition) is 9. The molecule has 1 amide bonds. The van der Waals surface area contributed by atoms with Gasteiger partial charge in [-0.3, -0.25) is 9.59 Å². The molecule has 8 bridgehead atoms. The average molecular weight is 664 g/mol. The van der Waals surface area contributed by atoms with E-state index in [9.17, 15) is 14.7 Å². The van der Waals surface area contributed by atoms with Crippen molar-refractivity contribution in [3.63, 3.8) is 0 Å². The van der Waals surface area contributed by atoms with E-state index in [4.69, 9.17) is 24.8 Å². The van der Waals surface area contributed by atoms with Gasteiger partial charge in [-0.2, -0.15) is 0 Å². The molecule has 6 aliphatic rings. The SMILES string of the molecule is C=CC1=C(C)C2=NC1=CC1=NC(=CC3=C(C)C4=C(O)C(C(=O)OC)C(=C5NC(=C2)C(C)C5CCC(=O)NCCCCO)C4=N3)C(CC)=C1C. The van der Waals surface area contributed by atoms with Crippen molar-refractivity contribution in [1.29, 1.82) is 0 Å². The molecule has 4 N–H and O–H groups in total. The molecular formula is C39H45N5O5. The second-order valence-corrected chi connectivity index (χ2v) is 13.2. The predicted molar refractivity (Wildman–Crippen MR) is 192 cm³/mol. The number of carbonyl (C=O) groups is 2. The summed E-state index contributed by atoms with van der Waals surface area (Å²) >= 11 is 0. The summed E-state index contributed by atoms with van der Waals surface area (Å²) in [5, 5.41) is 27.4. The van der Waals surface area contributed by atoms with Gasteiger partial charge >= 0.3 is 5.97 Å². The van der Waals surface area contributed by atoms with E-state index in [2.05, 4.69) is 38.0 Å². The Hall–Kier alpha value is -4.83. The number of carbonyl (C=O) groups excluding carboxylic acids is 2. The molecule has 6 rings (SSSR count). The first kappa shape index (κ1) is 34.0. The van der Waals surface area contributed by atoms with Crippen molar-refractivity contribution in [2.75, 3.05) is 20.3 Å². The molecule has 1 fully saturated rings. The Bertz CT molecular complexity index is 1900. The van der Waals surface area contributed by atoms with Crippen LogP contribution in [0.4, 0.5) is 0 Å². The minimum Gasteiger partial charge on any atom is -0.510 e. The third kappa shape index (κ3) is 5.82. The van der Waals surface area contributed by atoms with E-state index in [1.54, 1.807) is 0 Å². The third-order valence-corrected chi connectivity index (χ3v) is 10.5. The Morgan fingerprint density at radius 1 is 1.04 bits per heavy atom. The summed E-state index contributed by atoms with van der Waals surface area (Å²) in [6.07, 6.45) is 10.7. The number of amides is 1. The molecule has 10 nitrogen and oxygen atoms in total. The monoisotopic (exact) mass is 663 g/mol. The van der Waals surface area contributed by atoms with Crippen molar-refractivity contribution in [1.82, 2.24) is 10.6 Å². The van der Waals surface area contributed by atoms with E-state index < -0.39 is 11.9 Å². The number of aliphatic hydroxyl groups is 2. The van der Waals surface area contributed by atoms with Gasteiger partial charge in [0.05, 0.1) is 41.3 Å². The number of aliphatic imine (C=N–C) groups is 3. The minimum atomic E-state index is -1.07. The number of ether oxygens (including phenoxy) is 1. The van der Waals surface area contributed by atoms with Crippen molar-refractivity contribution in [2.45, 2.75) is 66.7 Å². The zero-order valence-electron chi connectivity index (χ0n) is 29.2. The Labute approximate surface area is 287 Å². The Kier molecular flexibility index (Phi) is 9.44. The van der Waals surface area contributed by atoms with Crippen LogP contribution in [-0.4, -0.2) is 59.5 Å². The number of nitrogens with one attached hydrogen (secondary N) is 2. The molecule has 1 aliphatic carbocycles. The molecule has 256 valence electrons. The van der Waals surface area contributed by atoms with Gasteiger partial charge in [0.25, 0.3) is 0 Å². The van der Waals surface area contributed by atoms with Crippen LogP contribution in [-0.2, 0) is 14.3 Å². The molecule has 0 aromatic carbocycles. The first-order valence-electron chi connectivity index (χ1n) is 17.1. The number of methoxy groups -OCH3 is 1. The van der Waals surface area contributed by atoms with Crippen molar-refractivity contribution in [2.24, 2.45) is 32.7 Å². The van der Waals surface area contributed by atoms with Crippen LogP contribution < -0.4 is 10.6 Å². The van der Waals surface area contributed by atoms with Crippen LogP contribution in [0.1, 0.15) is 66.7 Å². The van der Waals surface area contributed by atoms with Gasteiger partial charge < -0.3 is 25.6 Å². The summed E-state index contributed by atoms with van der Waals surface area (Å²) in [6, 6.07) is 0. The number of esters is 1. The standard InChI is InChI=1S/C39H45N5O5/c1-8-23-19(3)26-16-28-21(5)25(12-13-32(46)40-14-10-11-15-45)36(43-28)34-35(39(48)49-7)38(47)33-22(6)29(44-37(33)34)18-31-24(9-2)20(4)27(42-31)17-30(23)41-26/h8,16-18,21,25,35,43,45,47H,1,9-15H2,2-7H3,(H,40,46). The number of allylic oxidation sites excluding steroid dienone is 11. The second-order valence-electron chi connectivity index (χ2n) is 13.2. The van der Waals surface area contributed by atoms with E-state index in [0.29, 0.717) is 48.4 Å².